The summed E-state index contributed by atoms with van der Waals surface area (Å²) in [5.74, 6) is -1.66. The molecule has 1 aromatic carbocycles. The number of anilines is 1. The molecule has 0 amide bonds. The lowest BCUT2D eigenvalue weighted by molar-refractivity contribution is 0.507. The summed E-state index contributed by atoms with van der Waals surface area (Å²) in [5.41, 5.74) is 1.58. The topological polar surface area (TPSA) is 31.9 Å². The summed E-state index contributed by atoms with van der Waals surface area (Å²) in [6.45, 7) is 4.57. The van der Waals surface area contributed by atoms with Gasteiger partial charge in [0.1, 0.15) is 0 Å². The van der Waals surface area contributed by atoms with Gasteiger partial charge in [-0.1, -0.05) is 0 Å². The van der Waals surface area contributed by atoms with Crippen molar-refractivity contribution in [1.29, 1.82) is 0 Å². The van der Waals surface area contributed by atoms with Gasteiger partial charge in [0, 0.05) is 24.0 Å². The summed E-state index contributed by atoms with van der Waals surface area (Å²) in [4.78, 5) is 8.91. The first-order valence-corrected chi connectivity index (χ1v) is 5.77. The smallest absolute Gasteiger partial charge is 0.160 e. The van der Waals surface area contributed by atoms with Crippen molar-refractivity contribution in [3.8, 4) is 0 Å². The third-order valence-corrected chi connectivity index (χ3v) is 2.75. The van der Waals surface area contributed by atoms with Gasteiger partial charge in [-0.25, -0.2) is 13.8 Å². The molecule has 1 aromatic heterocycles. The lowest BCUT2D eigenvalue weighted by atomic mass is 10.2. The molecule has 2 aromatic rings. The van der Waals surface area contributed by atoms with E-state index in [-0.39, 0.29) is 6.04 Å². The first-order chi connectivity index (χ1) is 8.58. The number of nitrogens with zero attached hydrogens (tertiary/aromatic N) is 2. The fourth-order valence-corrected chi connectivity index (χ4v) is 1.79. The predicted molar refractivity (Wildman–Crippen MR) is 66.3 cm³/mol. The molecule has 0 spiro atoms. The number of H-pyrrole nitrogens is 1. The number of aromatic nitrogens is 2. The van der Waals surface area contributed by atoms with Gasteiger partial charge in [-0.2, -0.15) is 0 Å². The number of benzene rings is 1. The number of halogens is 2. The third-order valence-electron chi connectivity index (χ3n) is 2.75. The van der Waals surface area contributed by atoms with E-state index in [1.165, 1.54) is 6.07 Å². The molecule has 0 unspecified atom stereocenters. The van der Waals surface area contributed by atoms with E-state index in [9.17, 15) is 8.78 Å². The summed E-state index contributed by atoms with van der Waals surface area (Å²) < 4.78 is 26.2. The molecule has 1 N–H and O–H groups in total. The standard InChI is InChI=1S/C13H15F2N3/c1-9(2)18(7-10-6-16-8-17-10)11-3-4-12(14)13(15)5-11/h3-6,8-9H,7H2,1-2H3,(H,16,17). The van der Waals surface area contributed by atoms with E-state index in [1.54, 1.807) is 18.6 Å². The fraction of sp³-hybridized carbons (Fsp3) is 0.308. The van der Waals surface area contributed by atoms with E-state index >= 15 is 0 Å². The van der Waals surface area contributed by atoms with Crippen LogP contribution in [0.3, 0.4) is 0 Å². The van der Waals surface area contributed by atoms with E-state index < -0.39 is 11.6 Å². The van der Waals surface area contributed by atoms with E-state index in [2.05, 4.69) is 9.97 Å². The summed E-state index contributed by atoms with van der Waals surface area (Å²) in [7, 11) is 0. The zero-order valence-corrected chi connectivity index (χ0v) is 10.3. The van der Waals surface area contributed by atoms with Crippen LogP contribution in [0.4, 0.5) is 14.5 Å². The van der Waals surface area contributed by atoms with Crippen LogP contribution in [0.5, 0.6) is 0 Å². The average Bonchev–Trinajstić information content (AvgIpc) is 2.82. The Morgan fingerprint density at radius 1 is 1.28 bits per heavy atom. The summed E-state index contributed by atoms with van der Waals surface area (Å²) >= 11 is 0. The minimum absolute atomic E-state index is 0.165. The molecule has 0 fully saturated rings. The van der Waals surface area contributed by atoms with Crippen molar-refractivity contribution in [1.82, 2.24) is 9.97 Å². The lowest BCUT2D eigenvalue weighted by Gasteiger charge is -2.28. The SMILES string of the molecule is CC(C)N(Cc1cnc[nH]1)c1ccc(F)c(F)c1. The number of nitrogens with one attached hydrogen (secondary N) is 1. The van der Waals surface area contributed by atoms with Gasteiger partial charge in [0.25, 0.3) is 0 Å². The second-order valence-electron chi connectivity index (χ2n) is 4.40. The molecule has 3 nitrogen and oxygen atoms in total. The zero-order chi connectivity index (χ0) is 13.1. The number of aromatic amines is 1. The van der Waals surface area contributed by atoms with Crippen molar-refractivity contribution in [2.24, 2.45) is 0 Å². The monoisotopic (exact) mass is 251 g/mol. The highest BCUT2D eigenvalue weighted by molar-refractivity contribution is 5.47. The largest absolute Gasteiger partial charge is 0.363 e. The predicted octanol–water partition coefficient (Wildman–Crippen LogP) is 3.10. The third kappa shape index (κ3) is 2.67. The van der Waals surface area contributed by atoms with Crippen molar-refractivity contribution in [3.63, 3.8) is 0 Å². The van der Waals surface area contributed by atoms with Crippen molar-refractivity contribution in [3.05, 3.63) is 48.1 Å². The van der Waals surface area contributed by atoms with Crippen molar-refractivity contribution < 1.29 is 8.78 Å². The van der Waals surface area contributed by atoms with Crippen LogP contribution in [0.2, 0.25) is 0 Å². The molecule has 0 aliphatic heterocycles. The second-order valence-corrected chi connectivity index (χ2v) is 4.40. The molecule has 18 heavy (non-hydrogen) atoms. The van der Waals surface area contributed by atoms with Crippen LogP contribution in [0.15, 0.2) is 30.7 Å². The molecular weight excluding hydrogens is 236 g/mol. The van der Waals surface area contributed by atoms with Gasteiger partial charge < -0.3 is 9.88 Å². The van der Waals surface area contributed by atoms with Crippen LogP contribution in [-0.4, -0.2) is 16.0 Å². The summed E-state index contributed by atoms with van der Waals surface area (Å²) in [5, 5.41) is 0. The van der Waals surface area contributed by atoms with Gasteiger partial charge in [0.05, 0.1) is 18.6 Å². The summed E-state index contributed by atoms with van der Waals surface area (Å²) in [6.07, 6.45) is 3.31. The Balaban J connectivity index is 2.26. The van der Waals surface area contributed by atoms with Crippen LogP contribution in [0.1, 0.15) is 19.5 Å². The van der Waals surface area contributed by atoms with E-state index in [0.717, 1.165) is 11.8 Å². The molecule has 0 saturated heterocycles. The molecule has 0 saturated carbocycles. The van der Waals surface area contributed by atoms with Crippen molar-refractivity contribution >= 4 is 5.69 Å². The first kappa shape index (κ1) is 12.5. The Morgan fingerprint density at radius 3 is 2.61 bits per heavy atom. The second kappa shape index (κ2) is 5.16. The molecule has 1 heterocycles. The molecule has 0 atom stereocenters. The number of hydrogen-bond acceptors (Lipinski definition) is 2. The molecule has 0 radical (unpaired) electrons. The molecule has 5 heteroatoms. The van der Waals surface area contributed by atoms with Gasteiger partial charge in [0.15, 0.2) is 11.6 Å². The maximum atomic E-state index is 13.3. The quantitative estimate of drug-likeness (QED) is 0.905. The minimum atomic E-state index is -0.831. The van der Waals surface area contributed by atoms with E-state index in [1.807, 2.05) is 18.7 Å². The van der Waals surface area contributed by atoms with Crippen LogP contribution < -0.4 is 4.90 Å². The molecule has 2 rings (SSSR count). The Bertz CT molecular complexity index is 509. The van der Waals surface area contributed by atoms with Crippen LogP contribution in [0.25, 0.3) is 0 Å². The normalized spacial score (nSPS) is 10.9. The van der Waals surface area contributed by atoms with Gasteiger partial charge >= 0.3 is 0 Å². The number of imidazole rings is 1. The Kier molecular flexibility index (Phi) is 3.60. The molecule has 96 valence electrons. The fourth-order valence-electron chi connectivity index (χ4n) is 1.79. The molecule has 0 aliphatic rings. The molecule has 0 aliphatic carbocycles. The maximum Gasteiger partial charge on any atom is 0.160 e. The van der Waals surface area contributed by atoms with Gasteiger partial charge in [-0.05, 0) is 26.0 Å². The van der Waals surface area contributed by atoms with Gasteiger partial charge in [-0.3, -0.25) is 0 Å². The lowest BCUT2D eigenvalue weighted by Crippen LogP contribution is -2.30. The highest BCUT2D eigenvalue weighted by Crippen LogP contribution is 2.21. The van der Waals surface area contributed by atoms with E-state index in [4.69, 9.17) is 0 Å². The van der Waals surface area contributed by atoms with Crippen molar-refractivity contribution in [2.45, 2.75) is 26.4 Å². The highest BCUT2D eigenvalue weighted by atomic mass is 19.2. The van der Waals surface area contributed by atoms with Crippen LogP contribution >= 0.6 is 0 Å². The Labute approximate surface area is 104 Å². The minimum Gasteiger partial charge on any atom is -0.363 e. The van der Waals surface area contributed by atoms with Crippen LogP contribution in [0, 0.1) is 11.6 Å². The first-order valence-electron chi connectivity index (χ1n) is 5.77. The maximum absolute atomic E-state index is 13.3. The number of rotatable bonds is 4. The molecular formula is C13H15F2N3. The van der Waals surface area contributed by atoms with Gasteiger partial charge in [-0.15, -0.1) is 0 Å². The Morgan fingerprint density at radius 2 is 2.06 bits per heavy atom. The zero-order valence-electron chi connectivity index (χ0n) is 10.3. The average molecular weight is 251 g/mol. The number of hydrogen-bond donors (Lipinski definition) is 1. The summed E-state index contributed by atoms with van der Waals surface area (Å²) in [6, 6.07) is 4.10. The van der Waals surface area contributed by atoms with Crippen molar-refractivity contribution in [2.75, 3.05) is 4.90 Å². The van der Waals surface area contributed by atoms with E-state index in [0.29, 0.717) is 12.2 Å². The van der Waals surface area contributed by atoms with Crippen LogP contribution in [-0.2, 0) is 6.54 Å². The Hall–Kier alpha value is -1.91. The molecule has 0 bridgehead atoms. The van der Waals surface area contributed by atoms with Gasteiger partial charge in [0.2, 0.25) is 0 Å². The highest BCUT2D eigenvalue weighted by Gasteiger charge is 2.14.